The van der Waals surface area contributed by atoms with Gasteiger partial charge >= 0.3 is 0 Å². The second-order valence-corrected chi connectivity index (χ2v) is 8.19. The maximum absolute atomic E-state index is 13.0. The van der Waals surface area contributed by atoms with Crippen molar-refractivity contribution in [2.45, 2.75) is 23.4 Å². The third kappa shape index (κ3) is 2.29. The minimum absolute atomic E-state index is 0.0364. The molecule has 24 heavy (non-hydrogen) atoms. The molecule has 0 bridgehead atoms. The molecule has 1 aliphatic carbocycles. The highest BCUT2D eigenvalue weighted by atomic mass is 35.5. The van der Waals surface area contributed by atoms with E-state index in [0.29, 0.717) is 10.7 Å². The van der Waals surface area contributed by atoms with Crippen LogP contribution in [0, 0.1) is 0 Å². The Hall–Kier alpha value is -2.03. The summed E-state index contributed by atoms with van der Waals surface area (Å²) in [5.41, 5.74) is 0.833. The SMILES string of the molecule is CN(C1(c2ccc(Cl)cc2)CC1)S(=O)(=O)c1cc2nncn2cn1. The topological polar surface area (TPSA) is 80.5 Å². The van der Waals surface area contributed by atoms with Crippen molar-refractivity contribution in [2.24, 2.45) is 0 Å². The van der Waals surface area contributed by atoms with Crippen LogP contribution in [-0.2, 0) is 15.6 Å². The van der Waals surface area contributed by atoms with Crippen molar-refractivity contribution in [3.63, 3.8) is 0 Å². The lowest BCUT2D eigenvalue weighted by molar-refractivity contribution is 0.354. The molecule has 0 spiro atoms. The van der Waals surface area contributed by atoms with Crippen LogP contribution in [0.25, 0.3) is 5.65 Å². The highest BCUT2D eigenvalue weighted by molar-refractivity contribution is 7.89. The van der Waals surface area contributed by atoms with E-state index in [0.717, 1.165) is 18.4 Å². The monoisotopic (exact) mass is 363 g/mol. The van der Waals surface area contributed by atoms with E-state index < -0.39 is 15.6 Å². The van der Waals surface area contributed by atoms with E-state index in [4.69, 9.17) is 11.6 Å². The molecule has 9 heteroatoms. The first-order chi connectivity index (χ1) is 11.4. The van der Waals surface area contributed by atoms with Crippen molar-refractivity contribution in [3.8, 4) is 0 Å². The van der Waals surface area contributed by atoms with Crippen LogP contribution in [-0.4, -0.2) is 39.4 Å². The molecule has 3 aromatic rings. The van der Waals surface area contributed by atoms with E-state index >= 15 is 0 Å². The second kappa shape index (κ2) is 5.23. The minimum Gasteiger partial charge on any atom is -0.272 e. The van der Waals surface area contributed by atoms with Gasteiger partial charge in [0.15, 0.2) is 10.7 Å². The van der Waals surface area contributed by atoms with Gasteiger partial charge in [-0.1, -0.05) is 23.7 Å². The largest absolute Gasteiger partial charge is 0.272 e. The van der Waals surface area contributed by atoms with Crippen LogP contribution < -0.4 is 0 Å². The average molecular weight is 364 g/mol. The Balaban J connectivity index is 1.74. The van der Waals surface area contributed by atoms with Crippen LogP contribution in [0.1, 0.15) is 18.4 Å². The molecule has 2 aromatic heterocycles. The van der Waals surface area contributed by atoms with E-state index in [1.54, 1.807) is 23.6 Å². The van der Waals surface area contributed by atoms with Gasteiger partial charge in [-0.05, 0) is 30.5 Å². The summed E-state index contributed by atoms with van der Waals surface area (Å²) in [6.45, 7) is 0. The molecule has 0 unspecified atom stereocenters. The highest BCUT2D eigenvalue weighted by Crippen LogP contribution is 2.52. The van der Waals surface area contributed by atoms with Gasteiger partial charge in [0.2, 0.25) is 0 Å². The van der Waals surface area contributed by atoms with Crippen molar-refractivity contribution in [3.05, 3.63) is 53.6 Å². The second-order valence-electron chi connectivity index (χ2n) is 5.83. The Morgan fingerprint density at radius 2 is 1.92 bits per heavy atom. The molecule has 1 saturated carbocycles. The summed E-state index contributed by atoms with van der Waals surface area (Å²) >= 11 is 5.94. The average Bonchev–Trinajstić information content (AvgIpc) is 3.24. The molecule has 0 N–H and O–H groups in total. The molecule has 2 heterocycles. The number of aromatic nitrogens is 4. The molecule has 0 amide bonds. The van der Waals surface area contributed by atoms with Crippen LogP contribution in [0.3, 0.4) is 0 Å². The summed E-state index contributed by atoms with van der Waals surface area (Å²) in [6.07, 6.45) is 4.39. The van der Waals surface area contributed by atoms with Gasteiger partial charge in [0.1, 0.15) is 12.7 Å². The van der Waals surface area contributed by atoms with Crippen molar-refractivity contribution in [1.29, 1.82) is 0 Å². The first-order valence-corrected chi connectivity index (χ1v) is 9.16. The number of hydrogen-bond acceptors (Lipinski definition) is 5. The van der Waals surface area contributed by atoms with Crippen LogP contribution in [0.15, 0.2) is 48.0 Å². The lowest BCUT2D eigenvalue weighted by Gasteiger charge is -2.27. The van der Waals surface area contributed by atoms with Gasteiger partial charge in [0, 0.05) is 18.1 Å². The normalized spacial score (nSPS) is 16.6. The van der Waals surface area contributed by atoms with Crippen molar-refractivity contribution in [2.75, 3.05) is 7.05 Å². The molecule has 0 saturated heterocycles. The van der Waals surface area contributed by atoms with Crippen molar-refractivity contribution in [1.82, 2.24) is 23.9 Å². The molecule has 0 radical (unpaired) electrons. The maximum Gasteiger partial charge on any atom is 0.261 e. The number of rotatable bonds is 4. The first kappa shape index (κ1) is 15.5. The number of benzene rings is 1. The van der Waals surface area contributed by atoms with Crippen LogP contribution in [0.5, 0.6) is 0 Å². The molecular formula is C15H14ClN5O2S. The van der Waals surface area contributed by atoms with Crippen LogP contribution in [0.4, 0.5) is 0 Å². The summed E-state index contributed by atoms with van der Waals surface area (Å²) < 4.78 is 29.0. The lowest BCUT2D eigenvalue weighted by atomic mass is 10.1. The third-order valence-electron chi connectivity index (χ3n) is 4.50. The first-order valence-electron chi connectivity index (χ1n) is 7.34. The predicted molar refractivity (Wildman–Crippen MR) is 88.1 cm³/mol. The Morgan fingerprint density at radius 3 is 2.58 bits per heavy atom. The zero-order valence-corrected chi connectivity index (χ0v) is 14.4. The Kier molecular flexibility index (Phi) is 3.38. The molecule has 0 atom stereocenters. The zero-order valence-electron chi connectivity index (χ0n) is 12.8. The van der Waals surface area contributed by atoms with E-state index in [1.807, 2.05) is 12.1 Å². The molecule has 1 aliphatic rings. The number of nitrogens with zero attached hydrogens (tertiary/aromatic N) is 5. The number of sulfonamides is 1. The van der Waals surface area contributed by atoms with E-state index in [-0.39, 0.29) is 5.03 Å². The maximum atomic E-state index is 13.0. The molecule has 0 aliphatic heterocycles. The van der Waals surface area contributed by atoms with E-state index in [9.17, 15) is 8.42 Å². The fraction of sp³-hybridized carbons (Fsp3) is 0.267. The standard InChI is InChI=1S/C15H14ClN5O2S/c1-20(15(6-7-15)11-2-4-12(16)5-3-11)24(22,23)14-8-13-19-18-10-21(13)9-17-14/h2-5,8-10H,6-7H2,1H3. The summed E-state index contributed by atoms with van der Waals surface area (Å²) in [5.74, 6) is 0. The quantitative estimate of drug-likeness (QED) is 0.663. The fourth-order valence-corrected chi connectivity index (χ4v) is 4.48. The van der Waals surface area contributed by atoms with Gasteiger partial charge in [-0.15, -0.1) is 10.2 Å². The van der Waals surface area contributed by atoms with Crippen LogP contribution in [0.2, 0.25) is 5.02 Å². The Morgan fingerprint density at radius 1 is 1.21 bits per heavy atom. The zero-order chi connectivity index (χ0) is 16.9. The van der Waals surface area contributed by atoms with E-state index in [1.165, 1.54) is 23.0 Å². The Labute approximate surface area is 144 Å². The van der Waals surface area contributed by atoms with Gasteiger partial charge < -0.3 is 0 Å². The molecule has 4 rings (SSSR count). The predicted octanol–water partition coefficient (Wildman–Crippen LogP) is 2.09. The van der Waals surface area contributed by atoms with Gasteiger partial charge in [-0.3, -0.25) is 4.40 Å². The lowest BCUT2D eigenvalue weighted by Crippen LogP contribution is -2.37. The molecule has 1 aromatic carbocycles. The Bertz CT molecular complexity index is 1010. The van der Waals surface area contributed by atoms with E-state index in [2.05, 4.69) is 15.2 Å². The van der Waals surface area contributed by atoms with Crippen molar-refractivity contribution >= 4 is 27.3 Å². The summed E-state index contributed by atoms with van der Waals surface area (Å²) in [4.78, 5) is 4.05. The number of hydrogen-bond donors (Lipinski definition) is 0. The molecular weight excluding hydrogens is 350 g/mol. The number of halogens is 1. The third-order valence-corrected chi connectivity index (χ3v) is 6.57. The minimum atomic E-state index is -3.75. The molecule has 124 valence electrons. The molecule has 7 nitrogen and oxygen atoms in total. The smallest absolute Gasteiger partial charge is 0.261 e. The van der Waals surface area contributed by atoms with Gasteiger partial charge in [-0.25, -0.2) is 13.4 Å². The fourth-order valence-electron chi connectivity index (χ4n) is 2.89. The van der Waals surface area contributed by atoms with Gasteiger partial charge in [-0.2, -0.15) is 4.31 Å². The summed E-state index contributed by atoms with van der Waals surface area (Å²) in [7, 11) is -2.16. The summed E-state index contributed by atoms with van der Waals surface area (Å²) in [5, 5.41) is 8.20. The highest BCUT2D eigenvalue weighted by Gasteiger charge is 2.52. The van der Waals surface area contributed by atoms with Crippen LogP contribution >= 0.6 is 11.6 Å². The number of fused-ring (bicyclic) bond motifs is 1. The van der Waals surface area contributed by atoms with Crippen molar-refractivity contribution < 1.29 is 8.42 Å². The molecule has 1 fully saturated rings. The van der Waals surface area contributed by atoms with Gasteiger partial charge in [0.25, 0.3) is 10.0 Å². The van der Waals surface area contributed by atoms with Gasteiger partial charge in [0.05, 0.1) is 5.54 Å². The summed E-state index contributed by atoms with van der Waals surface area (Å²) in [6, 6.07) is 8.72.